The second-order valence-electron chi connectivity index (χ2n) is 5.37. The van der Waals surface area contributed by atoms with E-state index in [0.29, 0.717) is 42.6 Å². The van der Waals surface area contributed by atoms with Crippen LogP contribution in [0.2, 0.25) is 0 Å². The molecule has 1 amide bonds. The Morgan fingerprint density at radius 3 is 2.91 bits per heavy atom. The number of rotatable bonds is 7. The lowest BCUT2D eigenvalue weighted by Crippen LogP contribution is -2.14. The van der Waals surface area contributed by atoms with Gasteiger partial charge in [-0.1, -0.05) is 12.1 Å². The van der Waals surface area contributed by atoms with E-state index < -0.39 is 0 Å². The molecule has 1 aromatic heterocycles. The topological polar surface area (TPSA) is 77.2 Å². The monoisotopic (exact) mass is 353 g/mol. The maximum absolute atomic E-state index is 12.3. The second-order valence-corrected chi connectivity index (χ2v) is 6.31. The van der Waals surface area contributed by atoms with Gasteiger partial charge >= 0.3 is 0 Å². The fourth-order valence-corrected chi connectivity index (χ4v) is 2.82. The van der Waals surface area contributed by atoms with Crippen LogP contribution < -0.4 is 15.8 Å². The molecule has 0 saturated heterocycles. The van der Waals surface area contributed by atoms with Crippen molar-refractivity contribution < 1.29 is 9.53 Å². The van der Waals surface area contributed by atoms with E-state index in [-0.39, 0.29) is 18.3 Å². The molecular weight excluding hydrogens is 334 g/mol. The summed E-state index contributed by atoms with van der Waals surface area (Å²) in [5.41, 5.74) is 6.61. The minimum Gasteiger partial charge on any atom is -0.491 e. The number of thiazole rings is 1. The standard InChI is InChI=1S/C16H19N3O2S.ClH/c17-8-7-15-18-13(10-22-15)16(20)19-12-3-1-2-4-14(12)21-9-11-5-6-11;/h1-4,10-11H,5-9,17H2,(H,19,20);1H. The Hall–Kier alpha value is -1.63. The number of nitrogens with one attached hydrogen (secondary N) is 1. The van der Waals surface area contributed by atoms with Crippen LogP contribution in [0.15, 0.2) is 29.6 Å². The number of carbonyl (C=O) groups excluding carboxylic acids is 1. The highest BCUT2D eigenvalue weighted by atomic mass is 35.5. The predicted octanol–water partition coefficient (Wildman–Crippen LogP) is 3.11. The summed E-state index contributed by atoms with van der Waals surface area (Å²) < 4.78 is 5.79. The molecule has 0 unspecified atom stereocenters. The number of amides is 1. The molecule has 0 bridgehead atoms. The minimum atomic E-state index is -0.220. The van der Waals surface area contributed by atoms with Gasteiger partial charge in [0, 0.05) is 11.8 Å². The molecule has 0 atom stereocenters. The molecule has 124 valence electrons. The number of carbonyl (C=O) groups is 1. The molecule has 0 aliphatic heterocycles. The van der Waals surface area contributed by atoms with Gasteiger partial charge in [0.05, 0.1) is 17.3 Å². The maximum Gasteiger partial charge on any atom is 0.275 e. The third-order valence-electron chi connectivity index (χ3n) is 3.45. The molecule has 23 heavy (non-hydrogen) atoms. The number of anilines is 1. The Balaban J connectivity index is 0.00000192. The van der Waals surface area contributed by atoms with E-state index in [1.54, 1.807) is 5.38 Å². The number of halogens is 1. The average molecular weight is 354 g/mol. The molecule has 3 rings (SSSR count). The van der Waals surface area contributed by atoms with Crippen molar-refractivity contribution in [1.82, 2.24) is 4.98 Å². The van der Waals surface area contributed by atoms with E-state index in [0.717, 1.165) is 5.01 Å². The quantitative estimate of drug-likeness (QED) is 0.801. The van der Waals surface area contributed by atoms with Crippen molar-refractivity contribution in [1.29, 1.82) is 0 Å². The molecule has 7 heteroatoms. The Labute approximate surface area is 145 Å². The Morgan fingerprint density at radius 2 is 2.17 bits per heavy atom. The normalized spacial score (nSPS) is 13.3. The Bertz CT molecular complexity index is 658. The molecule has 0 spiro atoms. The van der Waals surface area contributed by atoms with E-state index in [1.807, 2.05) is 24.3 Å². The third-order valence-corrected chi connectivity index (χ3v) is 4.36. The Kier molecular flexibility index (Phi) is 6.38. The van der Waals surface area contributed by atoms with Gasteiger partial charge in [-0.15, -0.1) is 23.7 Å². The number of hydrogen-bond donors (Lipinski definition) is 2. The van der Waals surface area contributed by atoms with Crippen LogP contribution in [0.1, 0.15) is 28.3 Å². The van der Waals surface area contributed by atoms with Gasteiger partial charge in [-0.25, -0.2) is 4.98 Å². The fraction of sp³-hybridized carbons (Fsp3) is 0.375. The highest BCUT2D eigenvalue weighted by Crippen LogP contribution is 2.31. The summed E-state index contributed by atoms with van der Waals surface area (Å²) in [6, 6.07) is 7.49. The van der Waals surface area contributed by atoms with Crippen molar-refractivity contribution in [3.05, 3.63) is 40.3 Å². The zero-order chi connectivity index (χ0) is 15.4. The van der Waals surface area contributed by atoms with Gasteiger partial charge in [0.2, 0.25) is 0 Å². The van der Waals surface area contributed by atoms with Crippen LogP contribution in [0.4, 0.5) is 5.69 Å². The van der Waals surface area contributed by atoms with Crippen LogP contribution in [0, 0.1) is 5.92 Å². The maximum atomic E-state index is 12.3. The number of hydrogen-bond acceptors (Lipinski definition) is 5. The summed E-state index contributed by atoms with van der Waals surface area (Å²) in [6.07, 6.45) is 3.16. The summed E-state index contributed by atoms with van der Waals surface area (Å²) in [5, 5.41) is 5.51. The first-order chi connectivity index (χ1) is 10.8. The predicted molar refractivity (Wildman–Crippen MR) is 94.7 cm³/mol. The number of ether oxygens (including phenoxy) is 1. The zero-order valence-corrected chi connectivity index (χ0v) is 14.3. The van der Waals surface area contributed by atoms with E-state index in [4.69, 9.17) is 10.5 Å². The lowest BCUT2D eigenvalue weighted by Gasteiger charge is -2.11. The van der Waals surface area contributed by atoms with Gasteiger partial charge in [-0.3, -0.25) is 4.79 Å². The number of para-hydroxylation sites is 2. The fourth-order valence-electron chi connectivity index (χ4n) is 2.03. The van der Waals surface area contributed by atoms with Gasteiger partial charge in [0.15, 0.2) is 0 Å². The molecule has 2 aromatic rings. The van der Waals surface area contributed by atoms with Gasteiger partial charge < -0.3 is 15.8 Å². The molecule has 5 nitrogen and oxygen atoms in total. The molecule has 1 heterocycles. The van der Waals surface area contributed by atoms with E-state index in [1.165, 1.54) is 24.2 Å². The number of nitrogens with two attached hydrogens (primary N) is 1. The number of benzene rings is 1. The lowest BCUT2D eigenvalue weighted by atomic mass is 10.3. The smallest absolute Gasteiger partial charge is 0.275 e. The van der Waals surface area contributed by atoms with E-state index in [9.17, 15) is 4.79 Å². The molecule has 1 aliphatic rings. The summed E-state index contributed by atoms with van der Waals surface area (Å²) in [6.45, 7) is 1.25. The largest absolute Gasteiger partial charge is 0.491 e. The van der Waals surface area contributed by atoms with Crippen molar-refractivity contribution in [2.45, 2.75) is 19.3 Å². The first-order valence-electron chi connectivity index (χ1n) is 7.44. The van der Waals surface area contributed by atoms with Crippen LogP contribution >= 0.6 is 23.7 Å². The van der Waals surface area contributed by atoms with Crippen molar-refractivity contribution >= 4 is 35.3 Å². The Morgan fingerprint density at radius 1 is 1.39 bits per heavy atom. The third kappa shape index (κ3) is 4.92. The van der Waals surface area contributed by atoms with E-state index >= 15 is 0 Å². The second kappa shape index (κ2) is 8.29. The highest BCUT2D eigenvalue weighted by Gasteiger charge is 2.22. The van der Waals surface area contributed by atoms with Gasteiger partial charge in [0.25, 0.3) is 5.91 Å². The van der Waals surface area contributed by atoms with Crippen LogP contribution in [0.5, 0.6) is 5.75 Å². The van der Waals surface area contributed by atoms with Crippen LogP contribution in [0.25, 0.3) is 0 Å². The van der Waals surface area contributed by atoms with Crippen molar-refractivity contribution in [3.63, 3.8) is 0 Å². The van der Waals surface area contributed by atoms with Gasteiger partial charge in [-0.05, 0) is 37.4 Å². The molecular formula is C16H20ClN3O2S. The summed E-state index contributed by atoms with van der Waals surface area (Å²) >= 11 is 1.46. The SMILES string of the molecule is Cl.NCCc1nc(C(=O)Nc2ccccc2OCC2CC2)cs1. The molecule has 1 aliphatic carbocycles. The molecule has 1 aromatic carbocycles. The van der Waals surface area contributed by atoms with Crippen molar-refractivity contribution in [3.8, 4) is 5.75 Å². The van der Waals surface area contributed by atoms with Crippen LogP contribution in [-0.2, 0) is 6.42 Å². The summed E-state index contributed by atoms with van der Waals surface area (Å²) in [5.74, 6) is 1.16. The molecule has 3 N–H and O–H groups in total. The van der Waals surface area contributed by atoms with Gasteiger partial charge in [0.1, 0.15) is 11.4 Å². The van der Waals surface area contributed by atoms with Gasteiger partial charge in [-0.2, -0.15) is 0 Å². The first kappa shape index (κ1) is 17.7. The first-order valence-corrected chi connectivity index (χ1v) is 8.32. The minimum absolute atomic E-state index is 0. The number of nitrogens with zero attached hydrogens (tertiary/aromatic N) is 1. The lowest BCUT2D eigenvalue weighted by molar-refractivity contribution is 0.102. The molecule has 0 radical (unpaired) electrons. The van der Waals surface area contributed by atoms with Crippen molar-refractivity contribution in [2.24, 2.45) is 11.7 Å². The van der Waals surface area contributed by atoms with E-state index in [2.05, 4.69) is 10.3 Å². The van der Waals surface area contributed by atoms with Crippen LogP contribution in [-0.4, -0.2) is 24.0 Å². The summed E-state index contributed by atoms with van der Waals surface area (Å²) in [4.78, 5) is 16.6. The van der Waals surface area contributed by atoms with Crippen molar-refractivity contribution in [2.75, 3.05) is 18.5 Å². The highest BCUT2D eigenvalue weighted by molar-refractivity contribution is 7.09. The summed E-state index contributed by atoms with van der Waals surface area (Å²) in [7, 11) is 0. The number of aromatic nitrogens is 1. The molecule has 1 saturated carbocycles. The van der Waals surface area contributed by atoms with Crippen LogP contribution in [0.3, 0.4) is 0 Å². The average Bonchev–Trinajstić information content (AvgIpc) is 3.24. The molecule has 1 fully saturated rings. The zero-order valence-electron chi connectivity index (χ0n) is 12.7.